The zero-order valence-corrected chi connectivity index (χ0v) is 24.7. The van der Waals surface area contributed by atoms with Crippen LogP contribution in [-0.2, 0) is 22.7 Å². The van der Waals surface area contributed by atoms with Gasteiger partial charge in [-0.15, -0.1) is 0 Å². The Balaban J connectivity index is 1.88. The molecule has 0 radical (unpaired) electrons. The second kappa shape index (κ2) is 14.4. The van der Waals surface area contributed by atoms with Crippen molar-refractivity contribution < 1.29 is 28.5 Å². The number of nitrogens with zero attached hydrogens (tertiary/aromatic N) is 1. The van der Waals surface area contributed by atoms with Gasteiger partial charge in [-0.1, -0.05) is 66.7 Å². The zero-order valence-electron chi connectivity index (χ0n) is 24.7. The molecular formula is C32H41N3O6. The number of hydrazine groups is 1. The van der Waals surface area contributed by atoms with Crippen molar-refractivity contribution in [1.29, 1.82) is 0 Å². The van der Waals surface area contributed by atoms with E-state index >= 15 is 0 Å². The number of carbonyl (C=O) groups excluding carboxylic acids is 2. The Morgan fingerprint density at radius 2 is 1.27 bits per heavy atom. The van der Waals surface area contributed by atoms with Gasteiger partial charge in [0.2, 0.25) is 0 Å². The molecule has 0 heterocycles. The van der Waals surface area contributed by atoms with Crippen LogP contribution in [0.25, 0.3) is 0 Å². The smallest absolute Gasteiger partial charge is 0.422 e. The molecule has 0 fully saturated rings. The predicted octanol–water partition coefficient (Wildman–Crippen LogP) is 6.62. The maximum atomic E-state index is 13.5. The molecule has 0 aromatic heterocycles. The SMILES string of the molecule is CC(C)(C)OC(=O)NNCCN(C(=O)OC(C)(C)C)c1cccc(OCc2ccccc2)c1OCc1ccccc1. The molecule has 0 unspecified atom stereocenters. The fraction of sp³-hybridized carbons (Fsp3) is 0.375. The molecule has 3 aromatic rings. The van der Waals surface area contributed by atoms with Gasteiger partial charge in [0.15, 0.2) is 11.5 Å². The molecule has 0 aliphatic heterocycles. The van der Waals surface area contributed by atoms with Gasteiger partial charge in [0.25, 0.3) is 0 Å². The van der Waals surface area contributed by atoms with Crippen molar-refractivity contribution in [2.45, 2.75) is 66.0 Å². The van der Waals surface area contributed by atoms with Crippen molar-refractivity contribution in [3.63, 3.8) is 0 Å². The lowest BCUT2D eigenvalue weighted by Crippen LogP contribution is -2.46. The van der Waals surface area contributed by atoms with Crippen molar-refractivity contribution in [2.24, 2.45) is 0 Å². The van der Waals surface area contributed by atoms with E-state index in [0.717, 1.165) is 11.1 Å². The van der Waals surface area contributed by atoms with E-state index in [2.05, 4.69) is 10.9 Å². The summed E-state index contributed by atoms with van der Waals surface area (Å²) < 4.78 is 23.5. The summed E-state index contributed by atoms with van der Waals surface area (Å²) >= 11 is 0. The summed E-state index contributed by atoms with van der Waals surface area (Å²) in [5.74, 6) is 0.883. The number of hydrogen-bond acceptors (Lipinski definition) is 7. The lowest BCUT2D eigenvalue weighted by Gasteiger charge is -2.29. The highest BCUT2D eigenvalue weighted by atomic mass is 16.6. The van der Waals surface area contributed by atoms with E-state index < -0.39 is 23.4 Å². The van der Waals surface area contributed by atoms with E-state index in [1.165, 1.54) is 4.90 Å². The Morgan fingerprint density at radius 3 is 1.83 bits per heavy atom. The summed E-state index contributed by atoms with van der Waals surface area (Å²) in [6.45, 7) is 11.7. The molecule has 0 atom stereocenters. The van der Waals surface area contributed by atoms with Gasteiger partial charge in [0.1, 0.15) is 24.4 Å². The molecule has 9 nitrogen and oxygen atoms in total. The quantitative estimate of drug-likeness (QED) is 0.200. The van der Waals surface area contributed by atoms with Crippen LogP contribution in [0.1, 0.15) is 52.7 Å². The summed E-state index contributed by atoms with van der Waals surface area (Å²) in [4.78, 5) is 27.0. The number of rotatable bonds is 11. The fourth-order valence-corrected chi connectivity index (χ4v) is 3.67. The van der Waals surface area contributed by atoms with Gasteiger partial charge in [0, 0.05) is 13.1 Å². The monoisotopic (exact) mass is 563 g/mol. The second-order valence-corrected chi connectivity index (χ2v) is 11.3. The van der Waals surface area contributed by atoms with Crippen LogP contribution in [0.4, 0.5) is 15.3 Å². The number of hydrogen-bond donors (Lipinski definition) is 2. The van der Waals surface area contributed by atoms with Crippen LogP contribution < -0.4 is 25.2 Å². The molecular weight excluding hydrogens is 522 g/mol. The molecule has 41 heavy (non-hydrogen) atoms. The van der Waals surface area contributed by atoms with Gasteiger partial charge in [-0.2, -0.15) is 0 Å². The third-order valence-electron chi connectivity index (χ3n) is 5.38. The van der Waals surface area contributed by atoms with Crippen LogP contribution in [0, 0.1) is 0 Å². The molecule has 0 saturated carbocycles. The lowest BCUT2D eigenvalue weighted by molar-refractivity contribution is 0.0499. The van der Waals surface area contributed by atoms with Crippen LogP contribution >= 0.6 is 0 Å². The number of benzene rings is 3. The highest BCUT2D eigenvalue weighted by Crippen LogP contribution is 2.39. The molecule has 0 spiro atoms. The average molecular weight is 564 g/mol. The first-order valence-electron chi connectivity index (χ1n) is 13.6. The first kappa shape index (κ1) is 31.3. The molecule has 9 heteroatoms. The molecule has 3 rings (SSSR count). The van der Waals surface area contributed by atoms with Crippen molar-refractivity contribution >= 4 is 17.9 Å². The summed E-state index contributed by atoms with van der Waals surface area (Å²) in [7, 11) is 0. The second-order valence-electron chi connectivity index (χ2n) is 11.3. The molecule has 2 amide bonds. The number of ether oxygens (including phenoxy) is 4. The van der Waals surface area contributed by atoms with Gasteiger partial charge < -0.3 is 18.9 Å². The van der Waals surface area contributed by atoms with E-state index in [1.54, 1.807) is 53.7 Å². The first-order chi connectivity index (χ1) is 19.4. The van der Waals surface area contributed by atoms with E-state index in [4.69, 9.17) is 18.9 Å². The summed E-state index contributed by atoms with van der Waals surface area (Å²) in [5, 5.41) is 0. The highest BCUT2D eigenvalue weighted by molar-refractivity contribution is 5.90. The van der Waals surface area contributed by atoms with E-state index in [0.29, 0.717) is 23.8 Å². The van der Waals surface area contributed by atoms with E-state index in [9.17, 15) is 9.59 Å². The van der Waals surface area contributed by atoms with Crippen molar-refractivity contribution in [2.75, 3.05) is 18.0 Å². The van der Waals surface area contributed by atoms with Gasteiger partial charge in [0.05, 0.1) is 5.69 Å². The fourth-order valence-electron chi connectivity index (χ4n) is 3.67. The van der Waals surface area contributed by atoms with Crippen molar-refractivity contribution in [1.82, 2.24) is 10.9 Å². The first-order valence-corrected chi connectivity index (χ1v) is 13.6. The van der Waals surface area contributed by atoms with Crippen LogP contribution in [0.2, 0.25) is 0 Å². The van der Waals surface area contributed by atoms with E-state index in [1.807, 2.05) is 66.7 Å². The van der Waals surface area contributed by atoms with Crippen LogP contribution in [0.3, 0.4) is 0 Å². The Kier molecular flexibility index (Phi) is 11.0. The van der Waals surface area contributed by atoms with Gasteiger partial charge in [-0.05, 0) is 64.8 Å². The maximum absolute atomic E-state index is 13.5. The lowest BCUT2D eigenvalue weighted by atomic mass is 10.2. The minimum Gasteiger partial charge on any atom is -0.485 e. The number of para-hydroxylation sites is 1. The largest absolute Gasteiger partial charge is 0.485 e. The Hall–Kier alpha value is -4.24. The highest BCUT2D eigenvalue weighted by Gasteiger charge is 2.27. The van der Waals surface area contributed by atoms with E-state index in [-0.39, 0.29) is 19.7 Å². The predicted molar refractivity (Wildman–Crippen MR) is 159 cm³/mol. The standard InChI is InChI=1S/C32H41N3O6/c1-31(2,3)40-29(36)34-33-20-21-35(30(37)41-32(4,5)6)26-18-13-19-27(38-22-24-14-9-7-10-15-24)28(26)39-23-25-16-11-8-12-17-25/h7-19,33H,20-23H2,1-6H3,(H,34,36). The molecule has 0 aliphatic rings. The number of anilines is 1. The third kappa shape index (κ3) is 11.0. The van der Waals surface area contributed by atoms with Gasteiger partial charge >= 0.3 is 12.2 Å². The maximum Gasteiger partial charge on any atom is 0.422 e. The van der Waals surface area contributed by atoms with Gasteiger partial charge in [-0.3, -0.25) is 10.3 Å². The number of amides is 2. The molecule has 220 valence electrons. The summed E-state index contributed by atoms with van der Waals surface area (Å²) in [6.07, 6.45) is -1.19. The Labute approximate surface area is 242 Å². The zero-order chi connectivity index (χ0) is 29.9. The normalized spacial score (nSPS) is 11.4. The molecule has 3 aromatic carbocycles. The molecule has 0 bridgehead atoms. The van der Waals surface area contributed by atoms with Gasteiger partial charge in [-0.25, -0.2) is 15.0 Å². The van der Waals surface area contributed by atoms with Crippen molar-refractivity contribution in [3.05, 3.63) is 90.0 Å². The molecule has 2 N–H and O–H groups in total. The molecule has 0 saturated heterocycles. The Bertz CT molecular complexity index is 1250. The summed E-state index contributed by atoms with van der Waals surface area (Å²) in [6, 6.07) is 24.9. The molecule has 0 aliphatic carbocycles. The third-order valence-corrected chi connectivity index (χ3v) is 5.38. The summed E-state index contributed by atoms with van der Waals surface area (Å²) in [5.41, 5.74) is 6.37. The van der Waals surface area contributed by atoms with Crippen LogP contribution in [0.15, 0.2) is 78.9 Å². The number of nitrogens with one attached hydrogen (secondary N) is 2. The minimum atomic E-state index is -0.732. The van der Waals surface area contributed by atoms with Crippen LogP contribution in [-0.4, -0.2) is 36.5 Å². The number of carbonyl (C=O) groups is 2. The topological polar surface area (TPSA) is 98.4 Å². The van der Waals surface area contributed by atoms with Crippen molar-refractivity contribution in [3.8, 4) is 11.5 Å². The van der Waals surface area contributed by atoms with Crippen LogP contribution in [0.5, 0.6) is 11.5 Å². The average Bonchev–Trinajstić information content (AvgIpc) is 2.90. The minimum absolute atomic E-state index is 0.147. The Morgan fingerprint density at radius 1 is 0.707 bits per heavy atom.